The fourth-order valence-corrected chi connectivity index (χ4v) is 4.85. The molecule has 3 aromatic carbocycles. The SMILES string of the molecule is Cc1ccc(C(=O)NC(=S)Nc2ccc(N3CCN(c4c(F)c(F)c(F)c(F)c4F)CC3)c(Cl)c2)c(Cl)c1. The van der Waals surface area contributed by atoms with Gasteiger partial charge in [0.2, 0.25) is 5.82 Å². The average molecular weight is 589 g/mol. The van der Waals surface area contributed by atoms with Gasteiger partial charge in [-0.15, -0.1) is 0 Å². The summed E-state index contributed by atoms with van der Waals surface area (Å²) in [5, 5.41) is 6.03. The Hall–Kier alpha value is -3.15. The first-order chi connectivity index (χ1) is 18.0. The molecule has 3 aromatic rings. The van der Waals surface area contributed by atoms with Crippen LogP contribution in [0, 0.1) is 36.0 Å². The molecular formula is C25H19Cl2F5N4OS. The lowest BCUT2D eigenvalue weighted by Crippen LogP contribution is -2.47. The molecule has 2 N–H and O–H groups in total. The Morgan fingerprint density at radius 2 is 1.39 bits per heavy atom. The quantitative estimate of drug-likeness (QED) is 0.159. The molecule has 1 saturated heterocycles. The van der Waals surface area contributed by atoms with Crippen LogP contribution in [0.4, 0.5) is 39.0 Å². The van der Waals surface area contributed by atoms with Crippen molar-refractivity contribution in [2.45, 2.75) is 6.92 Å². The Morgan fingerprint density at radius 1 is 0.816 bits per heavy atom. The van der Waals surface area contributed by atoms with E-state index in [1.165, 1.54) is 0 Å². The maximum Gasteiger partial charge on any atom is 0.258 e. The van der Waals surface area contributed by atoms with Gasteiger partial charge in [0.05, 0.1) is 21.3 Å². The van der Waals surface area contributed by atoms with E-state index < -0.39 is 40.7 Å². The highest BCUT2D eigenvalue weighted by Crippen LogP contribution is 2.33. The van der Waals surface area contributed by atoms with Gasteiger partial charge in [-0.2, -0.15) is 0 Å². The van der Waals surface area contributed by atoms with E-state index in [4.69, 9.17) is 35.4 Å². The normalized spacial score (nSPS) is 13.5. The zero-order valence-corrected chi connectivity index (χ0v) is 22.0. The second-order valence-electron chi connectivity index (χ2n) is 8.45. The number of halogens is 7. The number of nitrogens with zero attached hydrogens (tertiary/aromatic N) is 2. The molecule has 0 radical (unpaired) electrons. The van der Waals surface area contributed by atoms with Crippen LogP contribution in [-0.2, 0) is 0 Å². The molecule has 4 rings (SSSR count). The van der Waals surface area contributed by atoms with Gasteiger partial charge in [-0.05, 0) is 55.0 Å². The first kappa shape index (κ1) is 27.9. The highest BCUT2D eigenvalue weighted by molar-refractivity contribution is 7.80. The molecular weight excluding hydrogens is 570 g/mol. The Morgan fingerprint density at radius 3 is 1.97 bits per heavy atom. The Kier molecular flexibility index (Phi) is 8.29. The zero-order valence-electron chi connectivity index (χ0n) is 19.6. The van der Waals surface area contributed by atoms with E-state index >= 15 is 0 Å². The largest absolute Gasteiger partial charge is 0.367 e. The first-order valence-electron chi connectivity index (χ1n) is 11.2. The van der Waals surface area contributed by atoms with Crippen LogP contribution >= 0.6 is 35.4 Å². The number of benzene rings is 3. The minimum Gasteiger partial charge on any atom is -0.367 e. The van der Waals surface area contributed by atoms with Gasteiger partial charge in [-0.1, -0.05) is 29.3 Å². The molecule has 0 bridgehead atoms. The molecule has 38 heavy (non-hydrogen) atoms. The van der Waals surface area contributed by atoms with Gasteiger partial charge in [-0.3, -0.25) is 10.1 Å². The topological polar surface area (TPSA) is 47.6 Å². The van der Waals surface area contributed by atoms with Crippen molar-refractivity contribution < 1.29 is 26.7 Å². The molecule has 0 unspecified atom stereocenters. The van der Waals surface area contributed by atoms with Crippen LogP contribution in [0.25, 0.3) is 0 Å². The summed E-state index contributed by atoms with van der Waals surface area (Å²) in [7, 11) is 0. The Bertz CT molecular complexity index is 1400. The molecule has 0 atom stereocenters. The molecule has 200 valence electrons. The molecule has 5 nitrogen and oxygen atoms in total. The minimum absolute atomic E-state index is 0.00757. The van der Waals surface area contributed by atoms with Crippen LogP contribution < -0.4 is 20.4 Å². The lowest BCUT2D eigenvalue weighted by atomic mass is 10.1. The number of nitrogens with one attached hydrogen (secondary N) is 2. The lowest BCUT2D eigenvalue weighted by Gasteiger charge is -2.38. The van der Waals surface area contributed by atoms with Crippen LogP contribution in [0.5, 0.6) is 0 Å². The maximum absolute atomic E-state index is 14.2. The third-order valence-corrected chi connectivity index (χ3v) is 6.74. The van der Waals surface area contributed by atoms with Gasteiger partial charge in [0, 0.05) is 31.9 Å². The number of piperazine rings is 1. The molecule has 1 heterocycles. The predicted molar refractivity (Wildman–Crippen MR) is 142 cm³/mol. The first-order valence-corrected chi connectivity index (χ1v) is 12.3. The standard InChI is InChI=1S/C25H19Cl2F5N4OS/c1-12-2-4-14(15(26)10-12)24(37)34-25(38)33-13-3-5-17(16(27)11-13)35-6-8-36(9-7-35)23-21(31)19(29)18(28)20(30)22(23)32/h2-5,10-11H,6-9H2,1H3,(H2,33,34,37,38). The predicted octanol–water partition coefficient (Wildman–Crippen LogP) is 6.45. The van der Waals surface area contributed by atoms with E-state index in [-0.39, 0.29) is 41.9 Å². The Balaban J connectivity index is 1.39. The highest BCUT2D eigenvalue weighted by atomic mass is 35.5. The molecule has 13 heteroatoms. The number of hydrogen-bond donors (Lipinski definition) is 2. The van der Waals surface area contributed by atoms with Crippen molar-refractivity contribution in [3.05, 3.63) is 86.7 Å². The zero-order chi connectivity index (χ0) is 27.7. The van der Waals surface area contributed by atoms with Crippen molar-refractivity contribution in [1.29, 1.82) is 0 Å². The van der Waals surface area contributed by atoms with Crippen LogP contribution in [0.15, 0.2) is 36.4 Å². The summed E-state index contributed by atoms with van der Waals surface area (Å²) >= 11 is 17.8. The number of carbonyl (C=O) groups is 1. The van der Waals surface area contributed by atoms with Gasteiger partial charge in [0.25, 0.3) is 5.91 Å². The third-order valence-electron chi connectivity index (χ3n) is 5.93. The molecule has 1 aliphatic heterocycles. The number of aryl methyl sites for hydroxylation is 1. The lowest BCUT2D eigenvalue weighted by molar-refractivity contribution is 0.0978. The van der Waals surface area contributed by atoms with Crippen molar-refractivity contribution in [3.8, 4) is 0 Å². The third kappa shape index (κ3) is 5.64. The van der Waals surface area contributed by atoms with Crippen molar-refractivity contribution in [2.75, 3.05) is 41.3 Å². The molecule has 0 aromatic heterocycles. The number of anilines is 3. The Labute approximate surface area is 230 Å². The maximum atomic E-state index is 14.2. The van der Waals surface area contributed by atoms with Crippen molar-refractivity contribution in [3.63, 3.8) is 0 Å². The fraction of sp³-hybridized carbons (Fsp3) is 0.200. The van der Waals surface area contributed by atoms with Crippen LogP contribution in [-0.4, -0.2) is 37.2 Å². The van der Waals surface area contributed by atoms with Gasteiger partial charge in [0.1, 0.15) is 5.69 Å². The van der Waals surface area contributed by atoms with E-state index in [0.717, 1.165) is 10.5 Å². The van der Waals surface area contributed by atoms with Crippen molar-refractivity contribution in [2.24, 2.45) is 0 Å². The van der Waals surface area contributed by atoms with E-state index in [2.05, 4.69) is 10.6 Å². The van der Waals surface area contributed by atoms with Gasteiger partial charge in [0.15, 0.2) is 28.4 Å². The summed E-state index contributed by atoms with van der Waals surface area (Å²) in [6.07, 6.45) is 0. The molecule has 0 aliphatic carbocycles. The molecule has 1 aliphatic rings. The molecule has 1 fully saturated rings. The summed E-state index contributed by atoms with van der Waals surface area (Å²) < 4.78 is 69.0. The monoisotopic (exact) mass is 588 g/mol. The summed E-state index contributed by atoms with van der Waals surface area (Å²) in [4.78, 5) is 15.4. The molecule has 1 amide bonds. The summed E-state index contributed by atoms with van der Waals surface area (Å²) in [6, 6.07) is 9.92. The number of thiocarbonyl (C=S) groups is 1. The molecule has 0 saturated carbocycles. The fourth-order valence-electron chi connectivity index (χ4n) is 4.02. The second kappa shape index (κ2) is 11.3. The average Bonchev–Trinajstić information content (AvgIpc) is 2.87. The number of rotatable bonds is 4. The van der Waals surface area contributed by atoms with Crippen LogP contribution in [0.3, 0.4) is 0 Å². The van der Waals surface area contributed by atoms with Crippen LogP contribution in [0.2, 0.25) is 10.0 Å². The van der Waals surface area contributed by atoms with E-state index in [9.17, 15) is 26.7 Å². The second-order valence-corrected chi connectivity index (χ2v) is 9.67. The van der Waals surface area contributed by atoms with Gasteiger partial charge >= 0.3 is 0 Å². The molecule has 0 spiro atoms. The van der Waals surface area contributed by atoms with E-state index in [0.29, 0.717) is 16.4 Å². The smallest absolute Gasteiger partial charge is 0.258 e. The number of amides is 1. The van der Waals surface area contributed by atoms with Gasteiger partial charge < -0.3 is 15.1 Å². The summed E-state index contributed by atoms with van der Waals surface area (Å²) in [5.41, 5.74) is 1.30. The van der Waals surface area contributed by atoms with Crippen LogP contribution in [0.1, 0.15) is 15.9 Å². The summed E-state index contributed by atoms with van der Waals surface area (Å²) in [5.74, 6) is -10.4. The summed E-state index contributed by atoms with van der Waals surface area (Å²) in [6.45, 7) is 2.24. The van der Waals surface area contributed by atoms with Gasteiger partial charge in [-0.25, -0.2) is 22.0 Å². The van der Waals surface area contributed by atoms with E-state index in [1.807, 2.05) is 11.8 Å². The van der Waals surface area contributed by atoms with Crippen molar-refractivity contribution >= 4 is 63.5 Å². The number of hydrogen-bond acceptors (Lipinski definition) is 4. The minimum atomic E-state index is -2.19. The van der Waals surface area contributed by atoms with E-state index in [1.54, 1.807) is 36.4 Å². The highest BCUT2D eigenvalue weighted by Gasteiger charge is 2.31. The number of carbonyl (C=O) groups excluding carboxylic acids is 1. The van der Waals surface area contributed by atoms with Crippen molar-refractivity contribution in [1.82, 2.24) is 5.32 Å².